The molecule has 29 heteroatoms. The summed E-state index contributed by atoms with van der Waals surface area (Å²) in [6.07, 6.45) is 0.545. The third kappa shape index (κ3) is 26.4. The van der Waals surface area contributed by atoms with Crippen molar-refractivity contribution in [3.05, 3.63) is 35.9 Å². The van der Waals surface area contributed by atoms with Gasteiger partial charge in [0, 0.05) is 19.4 Å². The van der Waals surface area contributed by atoms with E-state index in [0.717, 1.165) is 19.3 Å². The van der Waals surface area contributed by atoms with Crippen molar-refractivity contribution in [2.24, 2.45) is 40.5 Å². The fraction of sp³-hybridized carbons (Fsp3) is 0.691. The van der Waals surface area contributed by atoms with E-state index in [9.17, 15) is 63.0 Å². The molecule has 0 saturated carbocycles. The molecule has 474 valence electrons. The molecule has 1 aliphatic heterocycles. The Kier molecular flexibility index (Phi) is 34.5. The SMILES string of the molecule is CCC(C)CCCCC(=O)N[C@@H](CCN)C(=O)N[C@H](C(=O)N[C@@H](CCN)C(=O)N[C@H]1CCNC(=O)[C@H](CO)NC(=O)[C@H](CCN)NC(=O)[C@H](CCN)NC(=O)[C@H](CC(C)C)NC(=O)[C@@H](Cc2ccccc2)NC(=O)[C@H](CCN)NC1=O)C(C)O. The van der Waals surface area contributed by atoms with Crippen LogP contribution in [0.25, 0.3) is 0 Å². The van der Waals surface area contributed by atoms with Crippen molar-refractivity contribution in [3.63, 3.8) is 0 Å². The quantitative estimate of drug-likeness (QED) is 0.0333. The van der Waals surface area contributed by atoms with Crippen LogP contribution in [0.4, 0.5) is 0 Å². The number of amides is 11. The van der Waals surface area contributed by atoms with Crippen molar-refractivity contribution in [1.29, 1.82) is 0 Å². The summed E-state index contributed by atoms with van der Waals surface area (Å²) in [7, 11) is 0. The van der Waals surface area contributed by atoms with Crippen molar-refractivity contribution >= 4 is 65.0 Å². The maximum Gasteiger partial charge on any atom is 0.245 e. The number of unbranched alkanes of at least 4 members (excludes halogenated alkanes) is 1. The van der Waals surface area contributed by atoms with Crippen LogP contribution in [0.2, 0.25) is 0 Å². The van der Waals surface area contributed by atoms with E-state index < -0.39 is 151 Å². The first-order valence-corrected chi connectivity index (χ1v) is 29.1. The van der Waals surface area contributed by atoms with E-state index in [-0.39, 0.29) is 90.0 Å². The van der Waals surface area contributed by atoms with E-state index in [2.05, 4.69) is 72.3 Å². The third-order valence-corrected chi connectivity index (χ3v) is 14.0. The van der Waals surface area contributed by atoms with Gasteiger partial charge in [-0.05, 0) is 108 Å². The van der Waals surface area contributed by atoms with E-state index in [0.29, 0.717) is 17.9 Å². The van der Waals surface area contributed by atoms with Gasteiger partial charge in [0.25, 0.3) is 0 Å². The summed E-state index contributed by atoms with van der Waals surface area (Å²) in [5, 5.41) is 49.0. The number of nitrogens with one attached hydrogen (secondary N) is 11. The van der Waals surface area contributed by atoms with Crippen molar-refractivity contribution in [2.75, 3.05) is 45.9 Å². The lowest BCUT2D eigenvalue weighted by atomic mass is 10.00. The van der Waals surface area contributed by atoms with Crippen LogP contribution in [0.5, 0.6) is 0 Å². The van der Waals surface area contributed by atoms with Crippen LogP contribution in [0.15, 0.2) is 30.3 Å². The first kappa shape index (κ1) is 73.2. The highest BCUT2D eigenvalue weighted by Crippen LogP contribution is 2.14. The van der Waals surface area contributed by atoms with Crippen LogP contribution >= 0.6 is 0 Å². The third-order valence-electron chi connectivity index (χ3n) is 14.0. The van der Waals surface area contributed by atoms with Gasteiger partial charge in [0.1, 0.15) is 60.4 Å². The minimum Gasteiger partial charge on any atom is -0.394 e. The van der Waals surface area contributed by atoms with E-state index in [1.165, 1.54) is 6.92 Å². The Hall–Kier alpha value is -6.89. The number of nitrogens with two attached hydrogens (primary N) is 5. The number of benzene rings is 1. The van der Waals surface area contributed by atoms with Crippen molar-refractivity contribution in [1.82, 2.24) is 58.5 Å². The Bertz CT molecular complexity index is 2280. The molecule has 1 aliphatic rings. The van der Waals surface area contributed by atoms with Gasteiger partial charge in [0.15, 0.2) is 0 Å². The van der Waals surface area contributed by atoms with E-state index in [1.54, 1.807) is 44.2 Å². The molecule has 1 aromatic rings. The number of carbonyl (C=O) groups is 11. The smallest absolute Gasteiger partial charge is 0.245 e. The molecular weight excluding hydrogens is 1090 g/mol. The van der Waals surface area contributed by atoms with Gasteiger partial charge in [-0.1, -0.05) is 77.3 Å². The molecule has 0 radical (unpaired) electrons. The number of hydrogen-bond acceptors (Lipinski definition) is 18. The number of rotatable bonds is 29. The summed E-state index contributed by atoms with van der Waals surface area (Å²) >= 11 is 0. The molecule has 23 N–H and O–H groups in total. The monoisotopic (exact) mass is 1190 g/mol. The molecule has 2 rings (SSSR count). The molecular formula is C55H96N16O13. The van der Waals surface area contributed by atoms with Gasteiger partial charge in [-0.15, -0.1) is 0 Å². The van der Waals surface area contributed by atoms with E-state index in [1.807, 2.05) is 0 Å². The molecule has 0 aliphatic carbocycles. The van der Waals surface area contributed by atoms with E-state index >= 15 is 0 Å². The number of aliphatic hydroxyl groups excluding tert-OH is 2. The van der Waals surface area contributed by atoms with Gasteiger partial charge in [0.05, 0.1) is 12.7 Å². The molecule has 84 heavy (non-hydrogen) atoms. The van der Waals surface area contributed by atoms with Gasteiger partial charge < -0.3 is 97.4 Å². The van der Waals surface area contributed by atoms with Crippen molar-refractivity contribution < 1.29 is 63.0 Å². The highest BCUT2D eigenvalue weighted by Gasteiger charge is 2.37. The Balaban J connectivity index is 2.64. The maximum atomic E-state index is 14.5. The molecule has 1 fully saturated rings. The zero-order valence-corrected chi connectivity index (χ0v) is 49.3. The number of carbonyl (C=O) groups excluding carboxylic acids is 11. The van der Waals surface area contributed by atoms with Gasteiger partial charge in [0.2, 0.25) is 65.0 Å². The Morgan fingerprint density at radius 3 is 1.56 bits per heavy atom. The van der Waals surface area contributed by atoms with Gasteiger partial charge >= 0.3 is 0 Å². The summed E-state index contributed by atoms with van der Waals surface area (Å²) in [5.41, 5.74) is 29.9. The number of aliphatic hydroxyl groups is 2. The summed E-state index contributed by atoms with van der Waals surface area (Å²) in [6.45, 7) is 6.86. The van der Waals surface area contributed by atoms with Crippen LogP contribution < -0.4 is 87.2 Å². The first-order chi connectivity index (χ1) is 40.0. The largest absolute Gasteiger partial charge is 0.394 e. The molecule has 1 saturated heterocycles. The van der Waals surface area contributed by atoms with Crippen LogP contribution in [-0.2, 0) is 59.2 Å². The zero-order valence-electron chi connectivity index (χ0n) is 49.3. The normalized spacial score (nSPS) is 22.6. The molecule has 0 spiro atoms. The highest BCUT2D eigenvalue weighted by atomic mass is 16.3. The van der Waals surface area contributed by atoms with Crippen molar-refractivity contribution in [3.8, 4) is 0 Å². The lowest BCUT2D eigenvalue weighted by Crippen LogP contribution is -2.62. The molecule has 1 heterocycles. The molecule has 2 unspecified atom stereocenters. The lowest BCUT2D eigenvalue weighted by molar-refractivity contribution is -0.137. The Morgan fingerprint density at radius 1 is 0.571 bits per heavy atom. The fourth-order valence-electron chi connectivity index (χ4n) is 8.94. The predicted octanol–water partition coefficient (Wildman–Crippen LogP) is -5.63. The highest BCUT2D eigenvalue weighted by molar-refractivity contribution is 5.99. The predicted molar refractivity (Wildman–Crippen MR) is 312 cm³/mol. The topological polar surface area (TPSA) is 491 Å². The molecule has 1 aromatic carbocycles. The summed E-state index contributed by atoms with van der Waals surface area (Å²) in [5.74, 6) is -9.44. The zero-order chi connectivity index (χ0) is 62.9. The van der Waals surface area contributed by atoms with Gasteiger partial charge in [-0.25, -0.2) is 0 Å². The van der Waals surface area contributed by atoms with Gasteiger partial charge in [-0.3, -0.25) is 52.7 Å². The minimum atomic E-state index is -1.70. The molecule has 29 nitrogen and oxygen atoms in total. The summed E-state index contributed by atoms with van der Waals surface area (Å²) < 4.78 is 0. The average Bonchev–Trinajstić information content (AvgIpc) is 3.53. The van der Waals surface area contributed by atoms with E-state index in [4.69, 9.17) is 28.7 Å². The average molecular weight is 1190 g/mol. The standard InChI is InChI=1S/C55H96N16O13/c1-6-32(4)12-10-11-15-44(74)62-35(16-22-56)52(81)71-45(33(5)73)55(84)67-39(20-26-60)48(77)66-40-21-27-61-46(75)43(30-72)70-50(79)38(19-25-59)63-47(76)36(17-23-57)65-53(82)41(28-31(2)3)68-54(83)42(29-34-13-8-7-9-14-34)69-49(78)37(18-24-58)64-51(40)80/h7-9,13-14,31-33,35-43,45,72-73H,6,10-12,15-30,56-60H2,1-5H3,(H,61,75)(H,62,74)(H,63,76)(H,64,80)(H,65,82)(H,66,77)(H,67,84)(H,68,83)(H,69,78)(H,70,79)(H,71,81)/t32?,33?,35-,36-,37-,38-,39-,40-,41-,42+,43-,45-/m0/s1. The Labute approximate surface area is 491 Å². The first-order valence-electron chi connectivity index (χ1n) is 29.1. The molecule has 12 atom stereocenters. The summed E-state index contributed by atoms with van der Waals surface area (Å²) in [6, 6.07) is -6.16. The second-order valence-electron chi connectivity index (χ2n) is 21.6. The molecule has 0 bridgehead atoms. The van der Waals surface area contributed by atoms with Crippen LogP contribution in [0.3, 0.4) is 0 Å². The second-order valence-corrected chi connectivity index (χ2v) is 21.6. The van der Waals surface area contributed by atoms with Gasteiger partial charge in [-0.2, -0.15) is 0 Å². The van der Waals surface area contributed by atoms with Crippen LogP contribution in [-0.4, -0.2) is 188 Å². The number of hydrogen-bond donors (Lipinski definition) is 18. The maximum absolute atomic E-state index is 14.5. The Morgan fingerprint density at radius 2 is 1.06 bits per heavy atom. The molecule has 11 amide bonds. The van der Waals surface area contributed by atoms with Crippen LogP contribution in [0.1, 0.15) is 117 Å². The lowest BCUT2D eigenvalue weighted by Gasteiger charge is -2.29. The fourth-order valence-corrected chi connectivity index (χ4v) is 8.94. The summed E-state index contributed by atoms with van der Waals surface area (Å²) in [4.78, 5) is 153. The second kappa shape index (κ2) is 39.6. The van der Waals surface area contributed by atoms with Crippen LogP contribution in [0, 0.1) is 11.8 Å². The molecule has 0 aromatic heterocycles. The van der Waals surface area contributed by atoms with Crippen molar-refractivity contribution in [2.45, 2.75) is 185 Å². The minimum absolute atomic E-state index is 0.0163.